The summed E-state index contributed by atoms with van der Waals surface area (Å²) in [4.78, 5) is 25.2. The van der Waals surface area contributed by atoms with Crippen LogP contribution in [0.1, 0.15) is 48.0 Å². The lowest BCUT2D eigenvalue weighted by Crippen LogP contribution is -2.51. The number of aliphatic carboxylic acids is 1. The minimum atomic E-state index is -0.938. The van der Waals surface area contributed by atoms with E-state index in [0.29, 0.717) is 10.7 Å². The third-order valence-corrected chi connectivity index (χ3v) is 8.12. The molecule has 1 fully saturated rings. The first-order chi connectivity index (χ1) is 16.3. The van der Waals surface area contributed by atoms with Gasteiger partial charge in [0.25, 0.3) is 5.91 Å². The maximum atomic E-state index is 12.6. The molecule has 2 aromatic carbocycles. The Hall–Kier alpha value is -1.80. The van der Waals surface area contributed by atoms with Crippen LogP contribution in [0, 0.1) is 5.41 Å². The smallest absolute Gasteiger partial charge is 0.326 e. The van der Waals surface area contributed by atoms with E-state index in [9.17, 15) is 14.7 Å². The van der Waals surface area contributed by atoms with Gasteiger partial charge < -0.3 is 15.7 Å². The normalized spacial score (nSPS) is 15.1. The van der Waals surface area contributed by atoms with E-state index in [1.807, 2.05) is 11.8 Å². The molecule has 0 heterocycles. The Morgan fingerprint density at radius 1 is 1.15 bits per heavy atom. The molecule has 2 aromatic rings. The first-order valence-corrected chi connectivity index (χ1v) is 13.7. The molecule has 0 aliphatic heterocycles. The summed E-state index contributed by atoms with van der Waals surface area (Å²) < 4.78 is 0. The number of thiocarbonyl (C=S) groups is 1. The predicted molar refractivity (Wildman–Crippen MR) is 146 cm³/mol. The Labute approximate surface area is 220 Å². The Balaban J connectivity index is 1.62. The molecule has 1 aliphatic rings. The van der Waals surface area contributed by atoms with Gasteiger partial charge in [0.2, 0.25) is 0 Å². The van der Waals surface area contributed by atoms with E-state index in [4.69, 9.17) is 35.4 Å². The van der Waals surface area contributed by atoms with Gasteiger partial charge in [-0.1, -0.05) is 60.0 Å². The average molecular weight is 540 g/mol. The summed E-state index contributed by atoms with van der Waals surface area (Å²) in [6, 6.07) is 11.1. The largest absolute Gasteiger partial charge is 0.480 e. The number of carboxylic acids is 1. The van der Waals surface area contributed by atoms with Crippen molar-refractivity contribution in [3.63, 3.8) is 0 Å². The third kappa shape index (κ3) is 6.66. The minimum absolute atomic E-state index is 0.0626. The fourth-order valence-corrected chi connectivity index (χ4v) is 5.58. The number of carbonyl (C=O) groups excluding carboxylic acids is 1. The summed E-state index contributed by atoms with van der Waals surface area (Å²) in [6.07, 6.45) is 7.61. The zero-order valence-electron chi connectivity index (χ0n) is 18.9. The number of carbonyl (C=O) groups is 2. The van der Waals surface area contributed by atoms with Crippen LogP contribution in [0.5, 0.6) is 0 Å². The first-order valence-electron chi connectivity index (χ1n) is 11.1. The van der Waals surface area contributed by atoms with E-state index in [1.54, 1.807) is 42.5 Å². The van der Waals surface area contributed by atoms with Crippen LogP contribution in [0.2, 0.25) is 10.0 Å². The van der Waals surface area contributed by atoms with Gasteiger partial charge in [-0.3, -0.25) is 4.79 Å². The SMILES string of the molecule is CSCCCC1(C(=S)N[C@@H](Cc2ccc(NC(=O)c3c(Cl)cccc3Cl)cc2)C(=O)O)CCC1. The van der Waals surface area contributed by atoms with Gasteiger partial charge in [0.05, 0.1) is 20.6 Å². The summed E-state index contributed by atoms with van der Waals surface area (Å²) in [6.45, 7) is 0. The lowest BCUT2D eigenvalue weighted by molar-refractivity contribution is -0.139. The highest BCUT2D eigenvalue weighted by Gasteiger charge is 2.41. The lowest BCUT2D eigenvalue weighted by Gasteiger charge is -2.43. The van der Waals surface area contributed by atoms with Crippen molar-refractivity contribution in [2.45, 2.75) is 44.6 Å². The molecule has 1 saturated carbocycles. The Bertz CT molecular complexity index is 1020. The quantitative estimate of drug-likeness (QED) is 0.224. The van der Waals surface area contributed by atoms with Crippen LogP contribution in [-0.4, -0.2) is 40.0 Å². The number of rotatable bonds is 11. The number of amides is 1. The lowest BCUT2D eigenvalue weighted by atomic mass is 9.66. The average Bonchev–Trinajstić information content (AvgIpc) is 2.76. The van der Waals surface area contributed by atoms with Crippen LogP contribution in [0.15, 0.2) is 42.5 Å². The second kappa shape index (κ2) is 12.2. The molecule has 0 bridgehead atoms. The van der Waals surface area contributed by atoms with Crippen LogP contribution in [0.4, 0.5) is 5.69 Å². The van der Waals surface area contributed by atoms with Gasteiger partial charge in [-0.25, -0.2) is 4.79 Å². The fourth-order valence-electron chi connectivity index (χ4n) is 4.13. The molecule has 1 amide bonds. The van der Waals surface area contributed by atoms with Crippen LogP contribution < -0.4 is 10.6 Å². The maximum Gasteiger partial charge on any atom is 0.326 e. The van der Waals surface area contributed by atoms with Gasteiger partial charge in [0.15, 0.2) is 0 Å². The van der Waals surface area contributed by atoms with Crippen LogP contribution >= 0.6 is 47.2 Å². The molecule has 3 N–H and O–H groups in total. The van der Waals surface area contributed by atoms with Crippen LogP contribution in [0.25, 0.3) is 0 Å². The number of anilines is 1. The van der Waals surface area contributed by atoms with Crippen molar-refractivity contribution in [3.8, 4) is 0 Å². The predicted octanol–water partition coefficient (Wildman–Crippen LogP) is 6.47. The Morgan fingerprint density at radius 3 is 2.32 bits per heavy atom. The molecule has 0 spiro atoms. The molecule has 182 valence electrons. The van der Waals surface area contributed by atoms with E-state index in [0.717, 1.165) is 43.4 Å². The number of hydrogen-bond acceptors (Lipinski definition) is 4. The summed E-state index contributed by atoms with van der Waals surface area (Å²) in [5.41, 5.74) is 1.53. The molecule has 34 heavy (non-hydrogen) atoms. The standard InChI is InChI=1S/C25H28Cl2N2O3S2/c1-34-14-4-13-25(11-3-12-25)24(33)29-20(23(31)32)15-16-7-9-17(10-8-16)28-22(30)21-18(26)5-2-6-19(21)27/h2,5-10,20H,3-4,11-15H2,1H3,(H,28,30)(H,29,33)(H,31,32)/t20-/m0/s1. The van der Waals surface area contributed by atoms with E-state index in [2.05, 4.69) is 16.9 Å². The molecule has 1 atom stereocenters. The van der Waals surface area contributed by atoms with Crippen molar-refractivity contribution in [1.82, 2.24) is 5.32 Å². The summed E-state index contributed by atoms with van der Waals surface area (Å²) in [5, 5.41) is 16.3. The van der Waals surface area contributed by atoms with E-state index in [-0.39, 0.29) is 27.4 Å². The molecule has 9 heteroatoms. The summed E-state index contributed by atoms with van der Waals surface area (Å²) >= 11 is 19.7. The number of hydrogen-bond donors (Lipinski definition) is 3. The van der Waals surface area contributed by atoms with Gasteiger partial charge in [-0.15, -0.1) is 0 Å². The van der Waals surface area contributed by atoms with E-state index in [1.165, 1.54) is 0 Å². The molecule has 0 unspecified atom stereocenters. The van der Waals surface area contributed by atoms with Gasteiger partial charge in [-0.05, 0) is 67.5 Å². The van der Waals surface area contributed by atoms with Gasteiger partial charge in [-0.2, -0.15) is 11.8 Å². The monoisotopic (exact) mass is 538 g/mol. The molecule has 3 rings (SSSR count). The van der Waals surface area contributed by atoms with Crippen LogP contribution in [0.3, 0.4) is 0 Å². The number of thioether (sulfide) groups is 1. The summed E-state index contributed by atoms with van der Waals surface area (Å²) in [5.74, 6) is -0.268. The zero-order valence-corrected chi connectivity index (χ0v) is 22.0. The topological polar surface area (TPSA) is 78.4 Å². The maximum absolute atomic E-state index is 12.6. The van der Waals surface area contributed by atoms with Crippen molar-refractivity contribution >= 4 is 69.7 Å². The van der Waals surface area contributed by atoms with Gasteiger partial charge >= 0.3 is 5.97 Å². The summed E-state index contributed by atoms with van der Waals surface area (Å²) in [7, 11) is 0. The fraction of sp³-hybridized carbons (Fsp3) is 0.400. The highest BCUT2D eigenvalue weighted by molar-refractivity contribution is 7.98. The van der Waals surface area contributed by atoms with Crippen molar-refractivity contribution in [3.05, 3.63) is 63.6 Å². The van der Waals surface area contributed by atoms with Crippen LogP contribution in [-0.2, 0) is 11.2 Å². The Kier molecular flexibility index (Phi) is 9.65. The van der Waals surface area contributed by atoms with Gasteiger partial charge in [0, 0.05) is 17.5 Å². The Morgan fingerprint density at radius 2 is 1.79 bits per heavy atom. The minimum Gasteiger partial charge on any atom is -0.480 e. The van der Waals surface area contributed by atoms with Crippen molar-refractivity contribution in [2.75, 3.05) is 17.3 Å². The second-order valence-corrected chi connectivity index (χ2v) is 10.8. The highest BCUT2D eigenvalue weighted by Crippen LogP contribution is 2.46. The van der Waals surface area contributed by atoms with E-state index >= 15 is 0 Å². The first kappa shape index (κ1) is 26.8. The van der Waals surface area contributed by atoms with Crippen molar-refractivity contribution in [2.24, 2.45) is 5.41 Å². The third-order valence-electron chi connectivity index (χ3n) is 6.24. The van der Waals surface area contributed by atoms with Crippen molar-refractivity contribution < 1.29 is 14.7 Å². The number of nitrogens with one attached hydrogen (secondary N) is 2. The van der Waals surface area contributed by atoms with Gasteiger partial charge in [0.1, 0.15) is 6.04 Å². The molecule has 0 radical (unpaired) electrons. The highest BCUT2D eigenvalue weighted by atomic mass is 35.5. The molecular weight excluding hydrogens is 511 g/mol. The molecule has 5 nitrogen and oxygen atoms in total. The number of halogens is 2. The molecule has 0 saturated heterocycles. The van der Waals surface area contributed by atoms with Crippen molar-refractivity contribution in [1.29, 1.82) is 0 Å². The number of carboxylic acid groups (broad SMARTS) is 1. The molecule has 1 aliphatic carbocycles. The zero-order chi connectivity index (χ0) is 24.7. The second-order valence-electron chi connectivity index (χ2n) is 8.55. The molecular formula is C25H28Cl2N2O3S2. The van der Waals surface area contributed by atoms with E-state index < -0.39 is 17.9 Å². The number of benzene rings is 2. The molecule has 0 aromatic heterocycles.